The quantitative estimate of drug-likeness (QED) is 0.270. The number of methoxy groups -OCH3 is 1. The zero-order chi connectivity index (χ0) is 18.4. The smallest absolute Gasteiger partial charge is 0.277 e. The number of carbonyl (C=O) groups excluding carboxylic acids is 1. The zero-order valence-electron chi connectivity index (χ0n) is 12.9. The Kier molecular flexibility index (Phi) is 8.17. The third-order valence-corrected chi connectivity index (χ3v) is 5.37. The number of nitrogens with zero attached hydrogens (tertiary/aromatic N) is 1. The predicted molar refractivity (Wildman–Crippen MR) is 116 cm³/mol. The Morgan fingerprint density at radius 1 is 1.24 bits per heavy atom. The van der Waals surface area contributed by atoms with Crippen molar-refractivity contribution in [3.63, 3.8) is 0 Å². The van der Waals surface area contributed by atoms with Crippen molar-refractivity contribution in [1.29, 1.82) is 0 Å². The van der Waals surface area contributed by atoms with Crippen molar-refractivity contribution in [2.75, 3.05) is 13.7 Å². The van der Waals surface area contributed by atoms with Crippen LogP contribution in [-0.2, 0) is 4.79 Å². The normalized spacial score (nSPS) is 10.8. The average molecular weight is 647 g/mol. The highest BCUT2D eigenvalue weighted by Gasteiger charge is 2.10. The summed E-state index contributed by atoms with van der Waals surface area (Å²) >= 11 is 12.3. The van der Waals surface area contributed by atoms with Crippen LogP contribution in [0.5, 0.6) is 11.5 Å². The van der Waals surface area contributed by atoms with Crippen LogP contribution in [0.1, 0.15) is 5.56 Å². The molecule has 5 nitrogen and oxygen atoms in total. The molecule has 0 heterocycles. The van der Waals surface area contributed by atoms with E-state index in [1.807, 2.05) is 30.3 Å². The van der Waals surface area contributed by atoms with Crippen LogP contribution in [0.2, 0.25) is 0 Å². The van der Waals surface area contributed by atoms with Gasteiger partial charge in [0, 0.05) is 4.47 Å². The van der Waals surface area contributed by atoms with Gasteiger partial charge in [-0.15, -0.1) is 0 Å². The van der Waals surface area contributed by atoms with Crippen molar-refractivity contribution in [2.24, 2.45) is 5.10 Å². The van der Waals surface area contributed by atoms with E-state index in [2.05, 4.69) is 80.9 Å². The number of hydrogen-bond donors (Lipinski definition) is 1. The fourth-order valence-electron chi connectivity index (χ4n) is 1.78. The lowest BCUT2D eigenvalue weighted by atomic mass is 10.2. The fourth-order valence-corrected chi connectivity index (χ4v) is 5.03. The first-order chi connectivity index (χ1) is 11.9. The van der Waals surface area contributed by atoms with Gasteiger partial charge < -0.3 is 9.47 Å². The van der Waals surface area contributed by atoms with E-state index < -0.39 is 0 Å². The number of hydrazone groups is 1. The van der Waals surface area contributed by atoms with Crippen molar-refractivity contribution >= 4 is 82.5 Å². The number of hydrogen-bond acceptors (Lipinski definition) is 4. The van der Waals surface area contributed by atoms with Crippen molar-refractivity contribution in [2.45, 2.75) is 0 Å². The minimum absolute atomic E-state index is 0.156. The van der Waals surface area contributed by atoms with Crippen LogP contribution in [0.3, 0.4) is 0 Å². The van der Waals surface area contributed by atoms with Crippen LogP contribution in [0.15, 0.2) is 48.9 Å². The Hall–Kier alpha value is -0.650. The van der Waals surface area contributed by atoms with Gasteiger partial charge in [-0.05, 0) is 90.3 Å². The Balaban J connectivity index is 1.90. The van der Waals surface area contributed by atoms with Gasteiger partial charge >= 0.3 is 0 Å². The third-order valence-electron chi connectivity index (χ3n) is 2.89. The van der Waals surface area contributed by atoms with E-state index >= 15 is 0 Å². The SMILES string of the molecule is COc1ccc(C=NNC(=O)COc2c(Br)cc(Br)cc2Br)cc1I. The maximum atomic E-state index is 11.9. The van der Waals surface area contributed by atoms with Gasteiger partial charge in [-0.2, -0.15) is 5.10 Å². The zero-order valence-corrected chi connectivity index (χ0v) is 19.8. The van der Waals surface area contributed by atoms with Gasteiger partial charge in [0.15, 0.2) is 6.61 Å². The van der Waals surface area contributed by atoms with Crippen molar-refractivity contribution in [3.8, 4) is 11.5 Å². The van der Waals surface area contributed by atoms with E-state index in [9.17, 15) is 4.79 Å². The van der Waals surface area contributed by atoms with Crippen LogP contribution >= 0.6 is 70.4 Å². The Bertz CT molecular complexity index is 792. The number of halogens is 4. The second-order valence-electron chi connectivity index (χ2n) is 4.67. The number of ether oxygens (including phenoxy) is 2. The van der Waals surface area contributed by atoms with Crippen LogP contribution in [0, 0.1) is 3.57 Å². The summed E-state index contributed by atoms with van der Waals surface area (Å²) in [5, 5.41) is 3.93. The summed E-state index contributed by atoms with van der Waals surface area (Å²) in [5.74, 6) is 0.981. The molecule has 25 heavy (non-hydrogen) atoms. The molecule has 0 bridgehead atoms. The van der Waals surface area contributed by atoms with Crippen LogP contribution in [0.25, 0.3) is 0 Å². The van der Waals surface area contributed by atoms with E-state index in [1.165, 1.54) is 0 Å². The van der Waals surface area contributed by atoms with E-state index in [0.29, 0.717) is 5.75 Å². The highest BCUT2D eigenvalue weighted by atomic mass is 127. The lowest BCUT2D eigenvalue weighted by Crippen LogP contribution is -2.24. The molecule has 0 aliphatic rings. The van der Waals surface area contributed by atoms with Gasteiger partial charge in [0.25, 0.3) is 5.91 Å². The number of rotatable bonds is 6. The molecule has 132 valence electrons. The summed E-state index contributed by atoms with van der Waals surface area (Å²) in [7, 11) is 1.62. The maximum Gasteiger partial charge on any atom is 0.277 e. The minimum atomic E-state index is -0.360. The molecule has 0 fully saturated rings. The molecular formula is C16H12Br3IN2O3. The summed E-state index contributed by atoms with van der Waals surface area (Å²) in [5.41, 5.74) is 3.28. The van der Waals surface area contributed by atoms with Crippen molar-refractivity contribution in [1.82, 2.24) is 5.43 Å². The summed E-state index contributed by atoms with van der Waals surface area (Å²) in [6.45, 7) is -0.156. The first-order valence-corrected chi connectivity index (χ1v) is 10.3. The largest absolute Gasteiger partial charge is 0.496 e. The fraction of sp³-hybridized carbons (Fsp3) is 0.125. The second kappa shape index (κ2) is 9.89. The van der Waals surface area contributed by atoms with Gasteiger partial charge in [-0.3, -0.25) is 4.79 Å². The Labute approximate surface area is 184 Å². The molecule has 0 saturated heterocycles. The monoisotopic (exact) mass is 644 g/mol. The molecule has 0 saturated carbocycles. The van der Waals surface area contributed by atoms with Crippen LogP contribution in [-0.4, -0.2) is 25.8 Å². The maximum absolute atomic E-state index is 11.9. The summed E-state index contributed by atoms with van der Waals surface area (Å²) in [6.07, 6.45) is 1.56. The molecule has 0 aliphatic carbocycles. The Morgan fingerprint density at radius 2 is 1.92 bits per heavy atom. The third kappa shape index (κ3) is 6.22. The molecular weight excluding hydrogens is 635 g/mol. The predicted octanol–water partition coefficient (Wildman–Crippen LogP) is 5.12. The topological polar surface area (TPSA) is 59.9 Å². The molecule has 1 N–H and O–H groups in total. The molecule has 0 radical (unpaired) electrons. The van der Waals surface area contributed by atoms with Gasteiger partial charge in [-0.25, -0.2) is 5.43 Å². The van der Waals surface area contributed by atoms with Gasteiger partial charge in [0.05, 0.1) is 25.8 Å². The summed E-state index contributed by atoms with van der Waals surface area (Å²) in [6, 6.07) is 9.27. The number of benzene rings is 2. The molecule has 1 amide bonds. The molecule has 0 unspecified atom stereocenters. The van der Waals surface area contributed by atoms with Gasteiger partial charge in [-0.1, -0.05) is 15.9 Å². The molecule has 0 spiro atoms. The van der Waals surface area contributed by atoms with E-state index in [1.54, 1.807) is 13.3 Å². The van der Waals surface area contributed by atoms with Gasteiger partial charge in [0.1, 0.15) is 11.5 Å². The van der Waals surface area contributed by atoms with Crippen LogP contribution in [0.4, 0.5) is 0 Å². The molecule has 9 heteroatoms. The number of carbonyl (C=O) groups is 1. The first-order valence-electron chi connectivity index (χ1n) is 6.83. The first kappa shape index (κ1) is 20.7. The van der Waals surface area contributed by atoms with Gasteiger partial charge in [0.2, 0.25) is 0 Å². The number of nitrogens with one attached hydrogen (secondary N) is 1. The molecule has 2 aromatic rings. The van der Waals surface area contributed by atoms with Crippen LogP contribution < -0.4 is 14.9 Å². The van der Waals surface area contributed by atoms with E-state index in [-0.39, 0.29) is 12.5 Å². The van der Waals surface area contributed by atoms with Crippen molar-refractivity contribution < 1.29 is 14.3 Å². The summed E-state index contributed by atoms with van der Waals surface area (Å²) in [4.78, 5) is 11.9. The summed E-state index contributed by atoms with van der Waals surface area (Å²) < 4.78 is 14.0. The highest BCUT2D eigenvalue weighted by Crippen LogP contribution is 2.36. The Morgan fingerprint density at radius 3 is 2.52 bits per heavy atom. The molecule has 2 aromatic carbocycles. The van der Waals surface area contributed by atoms with Crippen molar-refractivity contribution in [3.05, 3.63) is 52.9 Å². The standard InChI is InChI=1S/C16H12Br3IN2O3/c1-24-14-3-2-9(4-13(14)20)7-21-22-15(23)8-25-16-11(18)5-10(17)6-12(16)19/h2-7H,8H2,1H3,(H,22,23). The minimum Gasteiger partial charge on any atom is -0.496 e. The second-order valence-corrected chi connectivity index (χ2v) is 8.46. The van der Waals surface area contributed by atoms with E-state index in [4.69, 9.17) is 9.47 Å². The molecule has 0 aliphatic heterocycles. The average Bonchev–Trinajstić information content (AvgIpc) is 2.54. The van der Waals surface area contributed by atoms with E-state index in [0.717, 1.165) is 28.3 Å². The highest BCUT2D eigenvalue weighted by molar-refractivity contribution is 14.1. The lowest BCUT2D eigenvalue weighted by Gasteiger charge is -2.10. The number of amides is 1. The molecule has 0 atom stereocenters. The molecule has 0 aromatic heterocycles. The lowest BCUT2D eigenvalue weighted by molar-refractivity contribution is -0.123. The molecule has 2 rings (SSSR count).